The number of hydrogen-bond acceptors (Lipinski definition) is 5. The second-order valence-corrected chi connectivity index (χ2v) is 6.79. The van der Waals surface area contributed by atoms with Crippen molar-refractivity contribution in [3.8, 4) is 5.75 Å². The lowest BCUT2D eigenvalue weighted by Gasteiger charge is -2.13. The van der Waals surface area contributed by atoms with Crippen LogP contribution in [0.15, 0.2) is 59.5 Å². The van der Waals surface area contributed by atoms with Gasteiger partial charge >= 0.3 is 5.97 Å². The summed E-state index contributed by atoms with van der Waals surface area (Å²) in [5, 5.41) is 2.79. The van der Waals surface area contributed by atoms with Crippen molar-refractivity contribution in [2.45, 2.75) is 17.7 Å². The van der Waals surface area contributed by atoms with E-state index in [-0.39, 0.29) is 24.2 Å². The monoisotopic (exact) mass is 373 g/mol. The van der Waals surface area contributed by atoms with E-state index in [1.54, 1.807) is 7.11 Å². The number of benzene rings is 2. The molecule has 2 aromatic carbocycles. The van der Waals surface area contributed by atoms with Gasteiger partial charge in [0.2, 0.25) is 0 Å². The summed E-state index contributed by atoms with van der Waals surface area (Å²) in [6, 6.07) is 17.3. The minimum Gasteiger partial charge on any atom is -0.497 e. The fourth-order valence-corrected chi connectivity index (χ4v) is 2.92. The zero-order valence-electron chi connectivity index (χ0n) is 14.9. The number of ether oxygens (including phenoxy) is 2. The first kappa shape index (κ1) is 19.8. The third kappa shape index (κ3) is 6.80. The van der Waals surface area contributed by atoms with Gasteiger partial charge in [0.25, 0.3) is 5.91 Å². The predicted octanol–water partition coefficient (Wildman–Crippen LogP) is 3.25. The van der Waals surface area contributed by atoms with Crippen LogP contribution in [0.25, 0.3) is 0 Å². The Balaban J connectivity index is 1.64. The summed E-state index contributed by atoms with van der Waals surface area (Å²) in [6.07, 6.45) is 0. The molecular formula is C20H23NO4S. The first-order valence-corrected chi connectivity index (χ1v) is 9.31. The average Bonchev–Trinajstić information content (AvgIpc) is 2.69. The van der Waals surface area contributed by atoms with Gasteiger partial charge in [-0.3, -0.25) is 9.59 Å². The van der Waals surface area contributed by atoms with E-state index in [1.165, 1.54) is 11.8 Å². The fourth-order valence-electron chi connectivity index (χ4n) is 2.22. The Kier molecular flexibility index (Phi) is 8.02. The van der Waals surface area contributed by atoms with Crippen molar-refractivity contribution in [1.29, 1.82) is 0 Å². The van der Waals surface area contributed by atoms with Crippen molar-refractivity contribution in [3.05, 3.63) is 60.2 Å². The third-order valence-corrected chi connectivity index (χ3v) is 4.74. The van der Waals surface area contributed by atoms with Gasteiger partial charge in [-0.1, -0.05) is 37.3 Å². The number of thioether (sulfide) groups is 1. The van der Waals surface area contributed by atoms with Crippen molar-refractivity contribution in [2.24, 2.45) is 0 Å². The first-order valence-electron chi connectivity index (χ1n) is 8.32. The van der Waals surface area contributed by atoms with Gasteiger partial charge in [-0.15, -0.1) is 11.8 Å². The standard InChI is InChI=1S/C20H23NO4S/c1-15(16-6-4-3-5-7-16)12-21-19(22)13-25-20(23)14-26-18-10-8-17(24-2)9-11-18/h3-11,15H,12-14H2,1-2H3,(H,21,22)/t15-/m1/s1. The molecule has 0 fully saturated rings. The molecule has 1 N–H and O–H groups in total. The number of methoxy groups -OCH3 is 1. The summed E-state index contributed by atoms with van der Waals surface area (Å²) in [7, 11) is 1.60. The van der Waals surface area contributed by atoms with Crippen LogP contribution in [0.5, 0.6) is 5.75 Å². The van der Waals surface area contributed by atoms with Gasteiger partial charge < -0.3 is 14.8 Å². The molecule has 1 atom stereocenters. The molecule has 1 amide bonds. The van der Waals surface area contributed by atoms with Crippen molar-refractivity contribution >= 4 is 23.6 Å². The van der Waals surface area contributed by atoms with E-state index in [2.05, 4.69) is 5.32 Å². The van der Waals surface area contributed by atoms with Crippen LogP contribution in [-0.4, -0.2) is 37.9 Å². The summed E-state index contributed by atoms with van der Waals surface area (Å²) in [4.78, 5) is 24.5. The average molecular weight is 373 g/mol. The smallest absolute Gasteiger partial charge is 0.316 e. The Morgan fingerprint density at radius 2 is 1.77 bits per heavy atom. The van der Waals surface area contributed by atoms with Gasteiger partial charge in [0.15, 0.2) is 6.61 Å². The molecule has 0 saturated carbocycles. The molecule has 5 nitrogen and oxygen atoms in total. The summed E-state index contributed by atoms with van der Waals surface area (Å²) >= 11 is 1.35. The molecule has 26 heavy (non-hydrogen) atoms. The van der Waals surface area contributed by atoms with Crippen LogP contribution >= 0.6 is 11.8 Å². The predicted molar refractivity (Wildman–Crippen MR) is 103 cm³/mol. The maximum Gasteiger partial charge on any atom is 0.316 e. The highest BCUT2D eigenvalue weighted by Crippen LogP contribution is 2.21. The zero-order chi connectivity index (χ0) is 18.8. The van der Waals surface area contributed by atoms with E-state index in [1.807, 2.05) is 61.5 Å². The molecule has 138 valence electrons. The Morgan fingerprint density at radius 1 is 1.08 bits per heavy atom. The number of nitrogens with one attached hydrogen (secondary N) is 1. The van der Waals surface area contributed by atoms with Gasteiger partial charge in [0.05, 0.1) is 12.9 Å². The molecule has 2 rings (SSSR count). The molecule has 0 aromatic heterocycles. The second-order valence-electron chi connectivity index (χ2n) is 5.74. The van der Waals surface area contributed by atoms with Crippen LogP contribution in [0, 0.1) is 0 Å². The van der Waals surface area contributed by atoms with E-state index in [9.17, 15) is 9.59 Å². The van der Waals surface area contributed by atoms with Gasteiger partial charge in [-0.05, 0) is 35.7 Å². The van der Waals surface area contributed by atoms with Crippen LogP contribution in [0.2, 0.25) is 0 Å². The number of rotatable bonds is 9. The largest absolute Gasteiger partial charge is 0.497 e. The normalized spacial score (nSPS) is 11.5. The fraction of sp³-hybridized carbons (Fsp3) is 0.300. The number of hydrogen-bond donors (Lipinski definition) is 1. The summed E-state index contributed by atoms with van der Waals surface area (Å²) in [5.74, 6) is 0.396. The number of carbonyl (C=O) groups is 2. The third-order valence-electron chi connectivity index (χ3n) is 3.75. The van der Waals surface area contributed by atoms with E-state index >= 15 is 0 Å². The van der Waals surface area contributed by atoms with Crippen LogP contribution < -0.4 is 10.1 Å². The van der Waals surface area contributed by atoms with Gasteiger partial charge in [-0.25, -0.2) is 0 Å². The molecule has 0 spiro atoms. The highest BCUT2D eigenvalue weighted by molar-refractivity contribution is 8.00. The SMILES string of the molecule is COc1ccc(SCC(=O)OCC(=O)NC[C@@H](C)c2ccccc2)cc1. The summed E-state index contributed by atoms with van der Waals surface area (Å²) < 4.78 is 10.1. The zero-order valence-corrected chi connectivity index (χ0v) is 15.8. The number of esters is 1. The van der Waals surface area contributed by atoms with E-state index in [0.29, 0.717) is 6.54 Å². The highest BCUT2D eigenvalue weighted by Gasteiger charge is 2.10. The Labute approximate surface area is 158 Å². The molecule has 6 heteroatoms. The lowest BCUT2D eigenvalue weighted by molar-refractivity contribution is -0.145. The van der Waals surface area contributed by atoms with Crippen LogP contribution in [0.4, 0.5) is 0 Å². The molecule has 0 unspecified atom stereocenters. The van der Waals surface area contributed by atoms with Crippen LogP contribution in [0.1, 0.15) is 18.4 Å². The molecule has 0 aliphatic heterocycles. The molecule has 0 bridgehead atoms. The molecular weight excluding hydrogens is 350 g/mol. The minimum atomic E-state index is -0.419. The van der Waals surface area contributed by atoms with Gasteiger partial charge in [0.1, 0.15) is 5.75 Å². The van der Waals surface area contributed by atoms with Crippen LogP contribution in [-0.2, 0) is 14.3 Å². The lowest BCUT2D eigenvalue weighted by atomic mass is 10.0. The van der Waals surface area contributed by atoms with Crippen molar-refractivity contribution in [2.75, 3.05) is 26.0 Å². The Bertz CT molecular complexity index is 704. The maximum absolute atomic E-state index is 11.8. The first-order chi connectivity index (χ1) is 12.6. The van der Waals surface area contributed by atoms with Crippen molar-refractivity contribution in [3.63, 3.8) is 0 Å². The highest BCUT2D eigenvalue weighted by atomic mass is 32.2. The second kappa shape index (κ2) is 10.5. The summed E-state index contributed by atoms with van der Waals surface area (Å²) in [5.41, 5.74) is 1.15. The quantitative estimate of drug-likeness (QED) is 0.540. The van der Waals surface area contributed by atoms with Crippen molar-refractivity contribution in [1.82, 2.24) is 5.32 Å². The molecule has 0 radical (unpaired) electrons. The summed E-state index contributed by atoms with van der Waals surface area (Å²) in [6.45, 7) is 2.28. The lowest BCUT2D eigenvalue weighted by Crippen LogP contribution is -2.31. The van der Waals surface area contributed by atoms with Gasteiger partial charge in [-0.2, -0.15) is 0 Å². The topological polar surface area (TPSA) is 64.6 Å². The number of amides is 1. The molecule has 0 aliphatic rings. The van der Waals surface area contributed by atoms with E-state index in [0.717, 1.165) is 16.2 Å². The van der Waals surface area contributed by atoms with Crippen molar-refractivity contribution < 1.29 is 19.1 Å². The van der Waals surface area contributed by atoms with Crippen LogP contribution in [0.3, 0.4) is 0 Å². The molecule has 0 aliphatic carbocycles. The Morgan fingerprint density at radius 3 is 2.42 bits per heavy atom. The molecule has 0 heterocycles. The van der Waals surface area contributed by atoms with E-state index in [4.69, 9.17) is 9.47 Å². The Hall–Kier alpha value is -2.47. The minimum absolute atomic E-state index is 0.153. The molecule has 0 saturated heterocycles. The maximum atomic E-state index is 11.8. The molecule has 2 aromatic rings. The van der Waals surface area contributed by atoms with E-state index < -0.39 is 5.97 Å². The van der Waals surface area contributed by atoms with Gasteiger partial charge in [0, 0.05) is 11.4 Å². The number of carbonyl (C=O) groups excluding carboxylic acids is 2.